The summed E-state index contributed by atoms with van der Waals surface area (Å²) in [7, 11) is 0. The number of ether oxygens (including phenoxy) is 1. The number of nitrogens with one attached hydrogen (secondary N) is 2. The van der Waals surface area contributed by atoms with Crippen LogP contribution in [0.25, 0.3) is 10.8 Å². The molecule has 1 saturated heterocycles. The second-order valence-electron chi connectivity index (χ2n) is 7.83. The number of hydrogen-bond donors (Lipinski definition) is 3. The molecule has 4 rings (SSSR count). The molecule has 8 heteroatoms. The van der Waals surface area contributed by atoms with Gasteiger partial charge in [-0.2, -0.15) is 0 Å². The number of likely N-dealkylation sites (tertiary alicyclic amines) is 1. The van der Waals surface area contributed by atoms with E-state index in [1.54, 1.807) is 24.3 Å². The summed E-state index contributed by atoms with van der Waals surface area (Å²) in [6.07, 6.45) is 0.843. The highest BCUT2D eigenvalue weighted by atomic mass is 35.5. The highest BCUT2D eigenvalue weighted by molar-refractivity contribution is 6.32. The van der Waals surface area contributed by atoms with E-state index in [0.29, 0.717) is 16.5 Å². The van der Waals surface area contributed by atoms with Gasteiger partial charge in [0.2, 0.25) is 0 Å². The number of halogens is 2. The molecule has 0 radical (unpaired) electrons. The first-order valence-electron chi connectivity index (χ1n) is 10.5. The molecule has 3 N–H and O–H groups in total. The third-order valence-corrected chi connectivity index (χ3v) is 5.73. The van der Waals surface area contributed by atoms with E-state index < -0.39 is 0 Å². The van der Waals surface area contributed by atoms with Crippen molar-refractivity contribution in [3.8, 4) is 5.75 Å². The molecule has 3 aromatic carbocycles. The molecule has 0 bridgehead atoms. The van der Waals surface area contributed by atoms with Crippen molar-refractivity contribution in [2.24, 2.45) is 0 Å². The predicted octanol–water partition coefficient (Wildman–Crippen LogP) is 4.40. The normalized spacial score (nSPS) is 16.3. The van der Waals surface area contributed by atoms with Crippen LogP contribution in [0, 0.1) is 5.82 Å². The lowest BCUT2D eigenvalue weighted by molar-refractivity contribution is 0.202. The molecule has 3 aromatic rings. The molecule has 1 aliphatic rings. The van der Waals surface area contributed by atoms with Gasteiger partial charge in [-0.15, -0.1) is 0 Å². The Hall–Kier alpha value is -2.87. The zero-order valence-electron chi connectivity index (χ0n) is 17.5. The van der Waals surface area contributed by atoms with Crippen molar-refractivity contribution in [3.05, 3.63) is 71.0 Å². The summed E-state index contributed by atoms with van der Waals surface area (Å²) in [5.74, 6) is 0.101. The fourth-order valence-electron chi connectivity index (χ4n) is 3.96. The van der Waals surface area contributed by atoms with Crippen LogP contribution in [0.4, 0.5) is 14.9 Å². The maximum absolute atomic E-state index is 13.4. The number of rotatable bonds is 7. The van der Waals surface area contributed by atoms with Gasteiger partial charge in [-0.05, 0) is 53.1 Å². The number of carbonyl (C=O) groups excluding carboxylic acids is 1. The summed E-state index contributed by atoms with van der Waals surface area (Å²) in [5.41, 5.74) is 1.60. The van der Waals surface area contributed by atoms with Gasteiger partial charge in [0, 0.05) is 25.7 Å². The van der Waals surface area contributed by atoms with Gasteiger partial charge < -0.3 is 20.5 Å². The van der Waals surface area contributed by atoms with Crippen LogP contribution in [-0.4, -0.2) is 48.4 Å². The predicted molar refractivity (Wildman–Crippen MR) is 124 cm³/mol. The van der Waals surface area contributed by atoms with Crippen molar-refractivity contribution >= 4 is 34.1 Å². The minimum absolute atomic E-state index is 0.0190. The third kappa shape index (κ3) is 5.48. The van der Waals surface area contributed by atoms with E-state index in [9.17, 15) is 9.18 Å². The summed E-state index contributed by atoms with van der Waals surface area (Å²) in [5, 5.41) is 17.0. The second kappa shape index (κ2) is 10.2. The fourth-order valence-corrected chi connectivity index (χ4v) is 4.19. The van der Waals surface area contributed by atoms with Crippen molar-refractivity contribution < 1.29 is 19.0 Å². The van der Waals surface area contributed by atoms with Gasteiger partial charge in [-0.25, -0.2) is 9.18 Å². The van der Waals surface area contributed by atoms with E-state index in [4.69, 9.17) is 21.4 Å². The lowest BCUT2D eigenvalue weighted by Crippen LogP contribution is -2.39. The smallest absolute Gasteiger partial charge is 0.319 e. The van der Waals surface area contributed by atoms with E-state index in [1.165, 1.54) is 12.1 Å². The largest absolute Gasteiger partial charge is 0.487 e. The first-order chi connectivity index (χ1) is 15.5. The lowest BCUT2D eigenvalue weighted by atomic mass is 10.1. The molecule has 32 heavy (non-hydrogen) atoms. The highest BCUT2D eigenvalue weighted by Crippen LogP contribution is 2.32. The van der Waals surface area contributed by atoms with Crippen LogP contribution in [0.2, 0.25) is 5.02 Å². The van der Waals surface area contributed by atoms with Crippen LogP contribution >= 0.6 is 11.6 Å². The van der Waals surface area contributed by atoms with Crippen molar-refractivity contribution in [1.29, 1.82) is 0 Å². The summed E-state index contributed by atoms with van der Waals surface area (Å²) in [4.78, 5) is 14.8. The summed E-state index contributed by atoms with van der Waals surface area (Å²) in [6.45, 7) is 2.30. The zero-order chi connectivity index (χ0) is 22.5. The summed E-state index contributed by atoms with van der Waals surface area (Å²) in [6, 6.07) is 15.6. The molecule has 0 unspecified atom stereocenters. The van der Waals surface area contributed by atoms with Gasteiger partial charge in [0.25, 0.3) is 0 Å². The van der Waals surface area contributed by atoms with Crippen LogP contribution in [0.1, 0.15) is 12.0 Å². The molecule has 0 aromatic heterocycles. The number of nitrogens with zero attached hydrogens (tertiary/aromatic N) is 1. The van der Waals surface area contributed by atoms with E-state index in [-0.39, 0.29) is 31.1 Å². The third-order valence-electron chi connectivity index (χ3n) is 5.43. The van der Waals surface area contributed by atoms with Gasteiger partial charge in [-0.1, -0.05) is 35.9 Å². The Kier molecular flexibility index (Phi) is 7.09. The average Bonchev–Trinajstić information content (AvgIpc) is 3.20. The second-order valence-corrected chi connectivity index (χ2v) is 8.24. The Labute approximate surface area is 190 Å². The highest BCUT2D eigenvalue weighted by Gasteiger charge is 2.24. The van der Waals surface area contributed by atoms with Gasteiger partial charge in [-0.3, -0.25) is 4.90 Å². The van der Waals surface area contributed by atoms with Crippen LogP contribution in [0.3, 0.4) is 0 Å². The number of amides is 2. The Morgan fingerprint density at radius 3 is 2.84 bits per heavy atom. The van der Waals surface area contributed by atoms with E-state index in [1.807, 2.05) is 12.1 Å². The molecule has 1 aliphatic heterocycles. The SMILES string of the molecule is O=C(Nc1cccc(Cl)c1OCCO)N[C@@H]1CCN(Cc2ccc3cc(F)ccc3c2)C1. The topological polar surface area (TPSA) is 73.8 Å². The number of anilines is 1. The molecule has 168 valence electrons. The molecule has 1 fully saturated rings. The molecule has 1 atom stereocenters. The summed E-state index contributed by atoms with van der Waals surface area (Å²) >= 11 is 6.16. The summed E-state index contributed by atoms with van der Waals surface area (Å²) < 4.78 is 18.8. The fraction of sp³-hybridized carbons (Fsp3) is 0.292. The van der Waals surface area contributed by atoms with Crippen molar-refractivity contribution in [3.63, 3.8) is 0 Å². The number of hydrogen-bond acceptors (Lipinski definition) is 4. The lowest BCUT2D eigenvalue weighted by Gasteiger charge is -2.18. The number of benzene rings is 3. The minimum Gasteiger partial charge on any atom is -0.487 e. The van der Waals surface area contributed by atoms with Gasteiger partial charge in [0.05, 0.1) is 17.3 Å². The number of carbonyl (C=O) groups is 1. The maximum atomic E-state index is 13.4. The molecule has 0 saturated carbocycles. The minimum atomic E-state index is -0.333. The average molecular weight is 458 g/mol. The number of fused-ring (bicyclic) bond motifs is 1. The van der Waals surface area contributed by atoms with Crippen molar-refractivity contribution in [2.45, 2.75) is 19.0 Å². The number of urea groups is 1. The van der Waals surface area contributed by atoms with Gasteiger partial charge >= 0.3 is 6.03 Å². The first kappa shape index (κ1) is 22.3. The zero-order valence-corrected chi connectivity index (χ0v) is 18.2. The van der Waals surface area contributed by atoms with Crippen molar-refractivity contribution in [1.82, 2.24) is 10.2 Å². The van der Waals surface area contributed by atoms with Gasteiger partial charge in [0.15, 0.2) is 5.75 Å². The van der Waals surface area contributed by atoms with Crippen LogP contribution in [0.15, 0.2) is 54.6 Å². The van der Waals surface area contributed by atoms with Crippen molar-refractivity contribution in [2.75, 3.05) is 31.6 Å². The van der Waals surface area contributed by atoms with E-state index >= 15 is 0 Å². The van der Waals surface area contributed by atoms with E-state index in [0.717, 1.165) is 42.4 Å². The first-order valence-corrected chi connectivity index (χ1v) is 10.9. The molecule has 6 nitrogen and oxygen atoms in total. The number of aliphatic hydroxyl groups excluding tert-OH is 1. The molecular formula is C24H25ClFN3O3. The van der Waals surface area contributed by atoms with Crippen LogP contribution < -0.4 is 15.4 Å². The molecule has 2 amide bonds. The Bertz CT molecular complexity index is 1110. The molecule has 0 aliphatic carbocycles. The molecular weight excluding hydrogens is 433 g/mol. The van der Waals surface area contributed by atoms with Gasteiger partial charge in [0.1, 0.15) is 12.4 Å². The molecule has 1 heterocycles. The standard InChI is InChI=1S/C24H25ClFN3O3/c25-21-2-1-3-22(23(21)32-11-10-30)28-24(31)27-20-8-9-29(15-20)14-16-4-5-18-13-19(26)7-6-17(18)12-16/h1-7,12-13,20,30H,8-11,14-15H2,(H2,27,28,31)/t20-/m1/s1. The number of aliphatic hydroxyl groups is 1. The number of para-hydroxylation sites is 1. The van der Waals surface area contributed by atoms with E-state index in [2.05, 4.69) is 21.6 Å². The van der Waals surface area contributed by atoms with Crippen LogP contribution in [0.5, 0.6) is 5.75 Å². The monoisotopic (exact) mass is 457 g/mol. The van der Waals surface area contributed by atoms with Crippen LogP contribution in [-0.2, 0) is 6.54 Å². The quantitative estimate of drug-likeness (QED) is 0.491. The maximum Gasteiger partial charge on any atom is 0.319 e. The Morgan fingerprint density at radius 2 is 2.00 bits per heavy atom. The Morgan fingerprint density at radius 1 is 1.19 bits per heavy atom. The Balaban J connectivity index is 1.32. The molecule has 0 spiro atoms.